The number of carbonyl (C=O) groups is 1. The number of anilines is 2. The Morgan fingerprint density at radius 2 is 1.39 bits per heavy atom. The van der Waals surface area contributed by atoms with E-state index >= 15 is 0 Å². The largest absolute Gasteiger partial charge is 0.321 e. The van der Waals surface area contributed by atoms with Crippen LogP contribution in [0.1, 0.15) is 50.9 Å². The summed E-state index contributed by atoms with van der Waals surface area (Å²) in [7, 11) is -13.1. The molecular weight excluding hydrogens is 684 g/mol. The van der Waals surface area contributed by atoms with Crippen molar-refractivity contribution in [1.82, 2.24) is 10.2 Å². The lowest BCUT2D eigenvalue weighted by Gasteiger charge is -2.17. The van der Waals surface area contributed by atoms with Gasteiger partial charge < -0.3 is 5.32 Å². The maximum Gasteiger partial charge on any atom is 0.290 e. The van der Waals surface area contributed by atoms with Crippen molar-refractivity contribution in [1.29, 1.82) is 0 Å². The van der Waals surface area contributed by atoms with Gasteiger partial charge in [0.05, 0.1) is 4.90 Å². The van der Waals surface area contributed by atoms with Crippen molar-refractivity contribution in [2.24, 2.45) is 5.14 Å². The van der Waals surface area contributed by atoms with Crippen LogP contribution in [-0.2, 0) is 31.4 Å². The quantitative estimate of drug-likeness (QED) is 0.169. The minimum atomic E-state index is -4.94. The Morgan fingerprint density at radius 3 is 1.85 bits per heavy atom. The molecule has 2 aromatic heterocycles. The maximum atomic E-state index is 13.2. The highest BCUT2D eigenvalue weighted by Gasteiger charge is 2.26. The number of hydrogen-bond donors (Lipinski definition) is 3. The van der Waals surface area contributed by atoms with E-state index in [0.29, 0.717) is 17.0 Å². The summed E-state index contributed by atoms with van der Waals surface area (Å²) in [6.45, 7) is 8.45. The minimum Gasteiger partial charge on any atom is -0.321 e. The van der Waals surface area contributed by atoms with Crippen molar-refractivity contribution in [2.75, 3.05) is 10.0 Å². The third kappa shape index (κ3) is 10.7. The van der Waals surface area contributed by atoms with Gasteiger partial charge in [-0.15, -0.1) is 20.4 Å². The van der Waals surface area contributed by atoms with E-state index in [4.69, 9.17) is 23.8 Å². The van der Waals surface area contributed by atoms with Gasteiger partial charge >= 0.3 is 0 Å². The van der Waals surface area contributed by atoms with E-state index in [2.05, 4.69) is 72.2 Å². The summed E-state index contributed by atoms with van der Waals surface area (Å²) in [5, 5.41) is 14.5. The molecule has 46 heavy (non-hydrogen) atoms. The third-order valence-electron chi connectivity index (χ3n) is 6.14. The molecule has 0 spiro atoms. The Morgan fingerprint density at radius 1 is 0.870 bits per heavy atom. The van der Waals surface area contributed by atoms with Crippen molar-refractivity contribution in [3.05, 3.63) is 78.1 Å². The molecule has 0 atom stereocenters. The molecule has 0 unspecified atom stereocenters. The number of benzene rings is 2. The van der Waals surface area contributed by atoms with Gasteiger partial charge in [-0.3, -0.25) is 9.52 Å². The van der Waals surface area contributed by atoms with Crippen LogP contribution < -0.4 is 38.4 Å². The number of aromatic nitrogens is 3. The molecule has 0 bridgehead atoms. The summed E-state index contributed by atoms with van der Waals surface area (Å²) < 4.78 is 85.9. The van der Waals surface area contributed by atoms with Crippen molar-refractivity contribution >= 4 is 48.1 Å². The first kappa shape index (κ1) is 36.9. The van der Waals surface area contributed by atoms with E-state index in [9.17, 15) is 21.6 Å². The number of nitrogens with one attached hydrogen (secondary N) is 2. The van der Waals surface area contributed by atoms with Gasteiger partial charge in [-0.1, -0.05) is 69.4 Å². The summed E-state index contributed by atoms with van der Waals surface area (Å²) in [5.74, 6) is 0.0643. The van der Waals surface area contributed by atoms with Gasteiger partial charge in [-0.05, 0) is 35.4 Å². The zero-order valence-corrected chi connectivity index (χ0v) is 28.1. The molecular formula is C27H31ClN6O9S3. The molecule has 4 N–H and O–H groups in total. The van der Waals surface area contributed by atoms with E-state index in [-0.39, 0.29) is 34.3 Å². The van der Waals surface area contributed by atoms with Crippen LogP contribution in [0.4, 0.5) is 10.8 Å². The molecule has 2 heterocycles. The average molecular weight is 715 g/mol. The molecule has 15 nitrogen and oxygen atoms in total. The van der Waals surface area contributed by atoms with Gasteiger partial charge in [-0.2, -0.15) is 4.57 Å². The third-order valence-corrected chi connectivity index (χ3v) is 9.77. The minimum absolute atomic E-state index is 0.0845. The molecule has 2 aromatic carbocycles. The second-order valence-electron chi connectivity index (χ2n) is 10.3. The second kappa shape index (κ2) is 14.9. The van der Waals surface area contributed by atoms with Crippen molar-refractivity contribution in [2.45, 2.75) is 55.3 Å². The fourth-order valence-electron chi connectivity index (χ4n) is 4.20. The van der Waals surface area contributed by atoms with Crippen molar-refractivity contribution in [3.8, 4) is 11.1 Å². The number of halogens is 1. The average Bonchev–Trinajstić information content (AvgIpc) is 3.41. The molecule has 0 saturated carbocycles. The number of nitrogens with two attached hydrogens (primary N) is 1. The Bertz CT molecular complexity index is 1840. The fraction of sp³-hybridized carbons (Fsp3) is 0.259. The zero-order chi connectivity index (χ0) is 34.4. The first-order valence-corrected chi connectivity index (χ1v) is 18.4. The lowest BCUT2D eigenvalue weighted by Crippen LogP contribution is -2.68. The van der Waals surface area contributed by atoms with Gasteiger partial charge in [0.25, 0.3) is 26.0 Å². The molecule has 0 saturated heterocycles. The molecule has 1 amide bonds. The summed E-state index contributed by atoms with van der Waals surface area (Å²) in [4.78, 5) is 13.0. The van der Waals surface area contributed by atoms with Crippen molar-refractivity contribution < 1.29 is 55.1 Å². The molecule has 0 aliphatic carbocycles. The fourth-order valence-corrected chi connectivity index (χ4v) is 6.77. The summed E-state index contributed by atoms with van der Waals surface area (Å²) in [5.41, 5.74) is 4.67. The molecule has 4 aromatic rings. The Kier molecular flexibility index (Phi) is 11.9. The lowest BCUT2D eigenvalue weighted by molar-refractivity contribution is -2.00. The SMILES string of the molecule is CC(C)c1cc(-c2ccccc2)cc(C(C)C)[n+]1CC(=O)Nc1ccc(S(=O)(=O)Nc2nnc(S(N)(=O)=O)s2)cc1.[O-][Cl+3]([O-])([O-])[O-]. The molecule has 248 valence electrons. The summed E-state index contributed by atoms with van der Waals surface area (Å²) in [6, 6.07) is 19.9. The first-order valence-electron chi connectivity index (χ1n) is 13.3. The highest BCUT2D eigenvalue weighted by atomic mass is 35.7. The van der Waals surface area contributed by atoms with E-state index in [1.807, 2.05) is 22.8 Å². The highest BCUT2D eigenvalue weighted by molar-refractivity contribution is 7.93. The van der Waals surface area contributed by atoms with Crippen LogP contribution in [0.5, 0.6) is 0 Å². The number of pyridine rings is 1. The number of rotatable bonds is 10. The number of hydrogen-bond acceptors (Lipinski definition) is 12. The molecule has 4 rings (SSSR count). The number of sulfonamides is 2. The van der Waals surface area contributed by atoms with Gasteiger partial charge in [0.15, 0.2) is 11.4 Å². The summed E-state index contributed by atoms with van der Waals surface area (Å²) >= 11 is 0.495. The number of primary sulfonamides is 1. The molecule has 0 aliphatic heterocycles. The topological polar surface area (TPSA) is 257 Å². The second-order valence-corrected chi connectivity index (χ2v) is 15.5. The van der Waals surface area contributed by atoms with Gasteiger partial charge in [0, 0.05) is 29.7 Å². The standard InChI is InChI=1S/C27H30N6O5S3.ClHO4/c1-17(2)23-14-20(19-8-6-5-7-9-19)15-24(18(3)4)33(23)16-25(34)29-21-10-12-22(13-11-21)41(37,38)32-26-30-31-27(39-26)40(28,35)36;2-1(3,4)5/h5-15,17-18H,16H2,1-4H3,(H3-,28,29,30,32,34,35,36);(H,2,3,4,5). The first-order chi connectivity index (χ1) is 21.2. The van der Waals surface area contributed by atoms with Crippen LogP contribution in [0, 0.1) is 10.2 Å². The predicted molar refractivity (Wildman–Crippen MR) is 157 cm³/mol. The van der Waals surface area contributed by atoms with Gasteiger partial charge in [0.2, 0.25) is 16.0 Å². The van der Waals surface area contributed by atoms with E-state index in [0.717, 1.165) is 22.5 Å². The molecule has 0 aliphatic rings. The maximum absolute atomic E-state index is 13.2. The predicted octanol–water partition coefficient (Wildman–Crippen LogP) is -0.930. The molecule has 0 radical (unpaired) electrons. The van der Waals surface area contributed by atoms with Crippen LogP contribution in [0.3, 0.4) is 0 Å². The van der Waals surface area contributed by atoms with Gasteiger partial charge in [-0.25, -0.2) is 40.6 Å². The highest BCUT2D eigenvalue weighted by Crippen LogP contribution is 2.26. The van der Waals surface area contributed by atoms with Crippen LogP contribution in [0.25, 0.3) is 11.1 Å². The lowest BCUT2D eigenvalue weighted by atomic mass is 9.97. The van der Waals surface area contributed by atoms with Crippen LogP contribution in [0.2, 0.25) is 0 Å². The van der Waals surface area contributed by atoms with E-state index < -0.39 is 34.6 Å². The Balaban J connectivity index is 0.00000107. The van der Waals surface area contributed by atoms with E-state index in [1.54, 1.807) is 0 Å². The van der Waals surface area contributed by atoms with Crippen LogP contribution >= 0.6 is 11.3 Å². The van der Waals surface area contributed by atoms with Gasteiger partial charge in [0.1, 0.15) is 0 Å². The number of amides is 1. The van der Waals surface area contributed by atoms with E-state index in [1.165, 1.54) is 24.3 Å². The summed E-state index contributed by atoms with van der Waals surface area (Å²) in [6.07, 6.45) is 0. The van der Waals surface area contributed by atoms with Crippen LogP contribution in [0.15, 0.2) is 76.0 Å². The monoisotopic (exact) mass is 714 g/mol. The molecule has 19 heteroatoms. The Hall–Kier alpha value is -3.59. The zero-order valence-electron chi connectivity index (χ0n) is 24.9. The number of nitrogens with zero attached hydrogens (tertiary/aromatic N) is 3. The number of carbonyl (C=O) groups excluding carboxylic acids is 1. The Labute approximate surface area is 272 Å². The van der Waals surface area contributed by atoms with Crippen LogP contribution in [-0.4, -0.2) is 32.9 Å². The normalized spacial score (nSPS) is 12.1. The van der Waals surface area contributed by atoms with Crippen molar-refractivity contribution in [3.63, 3.8) is 0 Å². The molecule has 0 fully saturated rings. The smallest absolute Gasteiger partial charge is 0.290 e.